The molecule has 0 aromatic heterocycles. The van der Waals surface area contributed by atoms with Gasteiger partial charge in [0.05, 0.1) is 25.3 Å². The maximum atomic E-state index is 12.7. The summed E-state index contributed by atoms with van der Waals surface area (Å²) in [4.78, 5) is 11.4. The first kappa shape index (κ1) is 13.8. The molecule has 0 unspecified atom stereocenters. The fraction of sp³-hybridized carbons (Fsp3) is 0.273. The molecular weight excluding hydrogens is 251 g/mol. The number of nitriles is 1. The second-order valence-electron chi connectivity index (χ2n) is 3.17. The summed E-state index contributed by atoms with van der Waals surface area (Å²) in [5.74, 6) is -1.36. The maximum Gasteiger partial charge on any atom is 0.417 e. The second-order valence-corrected chi connectivity index (χ2v) is 3.17. The predicted molar refractivity (Wildman–Crippen MR) is 54.1 cm³/mol. The minimum absolute atomic E-state index is 0.120. The Balaban J connectivity index is 3.67. The van der Waals surface area contributed by atoms with Gasteiger partial charge < -0.3 is 9.47 Å². The predicted octanol–water partition coefficient (Wildman–Crippen LogP) is 2.37. The van der Waals surface area contributed by atoms with Crippen LogP contribution in [0.2, 0.25) is 0 Å². The number of benzene rings is 1. The van der Waals surface area contributed by atoms with E-state index in [1.807, 2.05) is 0 Å². The third-order valence-electron chi connectivity index (χ3n) is 2.19. The molecule has 0 spiro atoms. The molecule has 18 heavy (non-hydrogen) atoms. The van der Waals surface area contributed by atoms with Crippen LogP contribution in [0.4, 0.5) is 13.2 Å². The number of ether oxygens (including phenoxy) is 2. The first-order valence-electron chi connectivity index (χ1n) is 4.63. The number of halogens is 3. The number of hydrogen-bond donors (Lipinski definition) is 0. The molecular formula is C11H8F3NO3. The van der Waals surface area contributed by atoms with Gasteiger partial charge in [-0.3, -0.25) is 0 Å². The summed E-state index contributed by atoms with van der Waals surface area (Å²) in [5, 5.41) is 8.86. The van der Waals surface area contributed by atoms with Gasteiger partial charge in [0, 0.05) is 0 Å². The molecule has 0 saturated carbocycles. The third kappa shape index (κ3) is 2.37. The van der Waals surface area contributed by atoms with Crippen molar-refractivity contribution in [1.82, 2.24) is 0 Å². The minimum atomic E-state index is -4.76. The van der Waals surface area contributed by atoms with E-state index in [1.54, 1.807) is 0 Å². The normalized spacial score (nSPS) is 10.7. The van der Waals surface area contributed by atoms with Gasteiger partial charge in [-0.25, -0.2) is 4.79 Å². The molecule has 0 radical (unpaired) electrons. The summed E-state index contributed by atoms with van der Waals surface area (Å²) >= 11 is 0. The second kappa shape index (κ2) is 4.96. The molecule has 0 N–H and O–H groups in total. The third-order valence-corrected chi connectivity index (χ3v) is 2.19. The Morgan fingerprint density at radius 1 is 1.33 bits per heavy atom. The van der Waals surface area contributed by atoms with E-state index in [0.29, 0.717) is 6.07 Å². The number of methoxy groups -OCH3 is 2. The van der Waals surface area contributed by atoms with Crippen molar-refractivity contribution in [3.05, 3.63) is 28.8 Å². The molecule has 0 fully saturated rings. The molecule has 1 aromatic carbocycles. The van der Waals surface area contributed by atoms with E-state index < -0.39 is 28.8 Å². The van der Waals surface area contributed by atoms with E-state index in [4.69, 9.17) is 10.00 Å². The average Bonchev–Trinajstić information content (AvgIpc) is 2.34. The molecule has 0 bridgehead atoms. The number of hydrogen-bond acceptors (Lipinski definition) is 4. The Labute approximate surface area is 101 Å². The van der Waals surface area contributed by atoms with Crippen LogP contribution in [0.15, 0.2) is 12.1 Å². The molecule has 96 valence electrons. The van der Waals surface area contributed by atoms with Gasteiger partial charge in [-0.15, -0.1) is 0 Å². The summed E-state index contributed by atoms with van der Waals surface area (Å²) in [6, 6.07) is 3.17. The van der Waals surface area contributed by atoms with Crippen molar-refractivity contribution in [1.29, 1.82) is 5.26 Å². The van der Waals surface area contributed by atoms with Crippen LogP contribution in [0.5, 0.6) is 5.75 Å². The van der Waals surface area contributed by atoms with Gasteiger partial charge >= 0.3 is 12.1 Å². The molecule has 7 heteroatoms. The maximum absolute atomic E-state index is 12.7. The van der Waals surface area contributed by atoms with Crippen molar-refractivity contribution in [3.8, 4) is 11.8 Å². The molecule has 4 nitrogen and oxygen atoms in total. The van der Waals surface area contributed by atoms with Crippen LogP contribution in [0.1, 0.15) is 21.5 Å². The highest BCUT2D eigenvalue weighted by molar-refractivity contribution is 5.95. The minimum Gasteiger partial charge on any atom is -0.495 e. The molecule has 0 amide bonds. The molecule has 0 aliphatic heterocycles. The van der Waals surface area contributed by atoms with Crippen molar-refractivity contribution >= 4 is 5.97 Å². The molecule has 0 saturated heterocycles. The lowest BCUT2D eigenvalue weighted by Crippen LogP contribution is -2.16. The van der Waals surface area contributed by atoms with Crippen LogP contribution in [0.25, 0.3) is 0 Å². The molecule has 0 aliphatic carbocycles. The lowest BCUT2D eigenvalue weighted by Gasteiger charge is -2.14. The molecule has 0 heterocycles. The highest BCUT2D eigenvalue weighted by Crippen LogP contribution is 2.36. The van der Waals surface area contributed by atoms with Gasteiger partial charge in [0.1, 0.15) is 17.4 Å². The summed E-state index contributed by atoms with van der Waals surface area (Å²) < 4.78 is 47.2. The lowest BCUT2D eigenvalue weighted by atomic mass is 10.00. The van der Waals surface area contributed by atoms with E-state index >= 15 is 0 Å². The van der Waals surface area contributed by atoms with Crippen molar-refractivity contribution in [2.75, 3.05) is 14.2 Å². The summed E-state index contributed by atoms with van der Waals surface area (Å²) in [7, 11) is 2.12. The summed E-state index contributed by atoms with van der Waals surface area (Å²) in [5.41, 5.74) is -2.57. The number of alkyl halides is 3. The van der Waals surface area contributed by atoms with E-state index in [-0.39, 0.29) is 5.75 Å². The Morgan fingerprint density at radius 3 is 2.33 bits per heavy atom. The SMILES string of the molecule is COC(=O)c1c(C(F)(F)F)ccc(OC)c1C#N. The topological polar surface area (TPSA) is 59.3 Å². The van der Waals surface area contributed by atoms with Gasteiger partial charge in [0.15, 0.2) is 0 Å². The van der Waals surface area contributed by atoms with Gasteiger partial charge in [0.2, 0.25) is 0 Å². The molecule has 1 rings (SSSR count). The monoisotopic (exact) mass is 259 g/mol. The largest absolute Gasteiger partial charge is 0.495 e. The van der Waals surface area contributed by atoms with Crippen molar-refractivity contribution < 1.29 is 27.4 Å². The number of rotatable bonds is 2. The van der Waals surface area contributed by atoms with Crippen LogP contribution < -0.4 is 4.74 Å². The summed E-state index contributed by atoms with van der Waals surface area (Å²) in [6.45, 7) is 0. The Morgan fingerprint density at radius 2 is 1.94 bits per heavy atom. The van der Waals surface area contributed by atoms with E-state index in [0.717, 1.165) is 13.2 Å². The molecule has 1 aromatic rings. The van der Waals surface area contributed by atoms with Gasteiger partial charge in [-0.2, -0.15) is 18.4 Å². The Bertz CT molecular complexity index is 517. The number of carbonyl (C=O) groups is 1. The molecule has 0 aliphatic rings. The lowest BCUT2D eigenvalue weighted by molar-refractivity contribution is -0.138. The van der Waals surface area contributed by atoms with E-state index in [9.17, 15) is 18.0 Å². The van der Waals surface area contributed by atoms with Crippen LogP contribution in [-0.2, 0) is 10.9 Å². The van der Waals surface area contributed by atoms with Crippen LogP contribution in [-0.4, -0.2) is 20.2 Å². The van der Waals surface area contributed by atoms with Crippen LogP contribution >= 0.6 is 0 Å². The zero-order chi connectivity index (χ0) is 13.9. The summed E-state index contributed by atoms with van der Waals surface area (Å²) in [6.07, 6.45) is -4.76. The van der Waals surface area contributed by atoms with Crippen molar-refractivity contribution in [3.63, 3.8) is 0 Å². The van der Waals surface area contributed by atoms with E-state index in [2.05, 4.69) is 4.74 Å². The van der Waals surface area contributed by atoms with Gasteiger partial charge in [0.25, 0.3) is 0 Å². The number of esters is 1. The standard InChI is InChI=1S/C11H8F3NO3/c1-17-8-4-3-7(11(12,13)14)9(6(8)5-15)10(16)18-2/h3-4H,1-2H3. The fourth-order valence-corrected chi connectivity index (χ4v) is 1.41. The zero-order valence-electron chi connectivity index (χ0n) is 9.46. The fourth-order valence-electron chi connectivity index (χ4n) is 1.41. The van der Waals surface area contributed by atoms with Gasteiger partial charge in [-0.1, -0.05) is 0 Å². The zero-order valence-corrected chi connectivity index (χ0v) is 9.46. The van der Waals surface area contributed by atoms with Crippen LogP contribution in [0, 0.1) is 11.3 Å². The quantitative estimate of drug-likeness (QED) is 0.765. The first-order valence-corrected chi connectivity index (χ1v) is 4.63. The molecule has 0 atom stereocenters. The highest BCUT2D eigenvalue weighted by Gasteiger charge is 2.38. The van der Waals surface area contributed by atoms with Crippen molar-refractivity contribution in [2.45, 2.75) is 6.18 Å². The van der Waals surface area contributed by atoms with Crippen LogP contribution in [0.3, 0.4) is 0 Å². The Kier molecular flexibility index (Phi) is 3.81. The van der Waals surface area contributed by atoms with Gasteiger partial charge in [-0.05, 0) is 12.1 Å². The highest BCUT2D eigenvalue weighted by atomic mass is 19.4. The average molecular weight is 259 g/mol. The number of carbonyl (C=O) groups excluding carboxylic acids is 1. The smallest absolute Gasteiger partial charge is 0.417 e. The number of nitrogens with zero attached hydrogens (tertiary/aromatic N) is 1. The first-order chi connectivity index (χ1) is 8.36. The van der Waals surface area contributed by atoms with Crippen molar-refractivity contribution in [2.24, 2.45) is 0 Å². The Hall–Kier alpha value is -2.23. The van der Waals surface area contributed by atoms with E-state index in [1.165, 1.54) is 13.2 Å².